The van der Waals surface area contributed by atoms with Crippen LogP contribution < -0.4 is 5.32 Å². The zero-order chi connectivity index (χ0) is 11.5. The van der Waals surface area contributed by atoms with E-state index >= 15 is 0 Å². The number of carbonyl (C=O) groups excluding carboxylic acids is 1. The summed E-state index contributed by atoms with van der Waals surface area (Å²) >= 11 is 0. The third-order valence-electron chi connectivity index (χ3n) is 3.92. The zero-order valence-electron chi connectivity index (χ0n) is 10.0. The number of aliphatic hydroxyl groups excluding tert-OH is 1. The van der Waals surface area contributed by atoms with Crippen LogP contribution in [0.25, 0.3) is 0 Å². The van der Waals surface area contributed by atoms with E-state index in [2.05, 4.69) is 26.1 Å². The lowest BCUT2D eigenvalue weighted by atomic mass is 9.83. The highest BCUT2D eigenvalue weighted by atomic mass is 16.3. The van der Waals surface area contributed by atoms with Gasteiger partial charge in [0.2, 0.25) is 5.91 Å². The number of carbonyl (C=O) groups is 1. The van der Waals surface area contributed by atoms with E-state index in [1.807, 2.05) is 0 Å². The smallest absolute Gasteiger partial charge is 0.223 e. The van der Waals surface area contributed by atoms with Crippen molar-refractivity contribution in [1.82, 2.24) is 5.32 Å². The van der Waals surface area contributed by atoms with Gasteiger partial charge in [-0.15, -0.1) is 0 Å². The minimum Gasteiger partial charge on any atom is -0.396 e. The molecule has 1 amide bonds. The van der Waals surface area contributed by atoms with E-state index in [1.54, 1.807) is 0 Å². The predicted octanol–water partition coefficient (Wildman–Crippen LogP) is 1.56. The Morgan fingerprint density at radius 1 is 1.47 bits per heavy atom. The summed E-state index contributed by atoms with van der Waals surface area (Å²) in [6.45, 7) is 6.99. The van der Waals surface area contributed by atoms with Crippen molar-refractivity contribution in [2.45, 2.75) is 40.0 Å². The molecule has 3 heteroatoms. The van der Waals surface area contributed by atoms with Crippen molar-refractivity contribution in [2.24, 2.45) is 17.3 Å². The van der Waals surface area contributed by atoms with Crippen LogP contribution in [0.5, 0.6) is 0 Å². The van der Waals surface area contributed by atoms with Crippen molar-refractivity contribution >= 4 is 5.91 Å². The van der Waals surface area contributed by atoms with Crippen LogP contribution in [0.1, 0.15) is 40.0 Å². The first-order valence-electron chi connectivity index (χ1n) is 5.97. The molecule has 88 valence electrons. The third kappa shape index (κ3) is 2.94. The Hall–Kier alpha value is -0.570. The number of aliphatic hydroxyl groups is 1. The summed E-state index contributed by atoms with van der Waals surface area (Å²) in [6, 6.07) is 0. The first-order chi connectivity index (χ1) is 7.08. The molecule has 15 heavy (non-hydrogen) atoms. The Labute approximate surface area is 92.3 Å². The minimum atomic E-state index is -0.117. The molecule has 2 N–H and O–H groups in total. The van der Waals surface area contributed by atoms with E-state index < -0.39 is 0 Å². The zero-order valence-corrected chi connectivity index (χ0v) is 10.0. The van der Waals surface area contributed by atoms with Gasteiger partial charge in [0, 0.05) is 17.9 Å². The molecule has 1 rings (SSSR count). The standard InChI is InChI=1S/C12H23NO2/c1-4-12(5-2,8-14)7-13-11(15)10-6-9(10)3/h9-10,14H,4-8H2,1-3H3,(H,13,15). The topological polar surface area (TPSA) is 49.3 Å². The maximum absolute atomic E-state index is 11.6. The summed E-state index contributed by atoms with van der Waals surface area (Å²) in [6.07, 6.45) is 2.83. The van der Waals surface area contributed by atoms with E-state index in [-0.39, 0.29) is 23.8 Å². The molecule has 1 aliphatic carbocycles. The van der Waals surface area contributed by atoms with Crippen LogP contribution in [0.4, 0.5) is 0 Å². The average Bonchev–Trinajstić information content (AvgIpc) is 2.98. The predicted molar refractivity (Wildman–Crippen MR) is 60.4 cm³/mol. The molecule has 0 radical (unpaired) electrons. The number of rotatable bonds is 6. The molecule has 3 nitrogen and oxygen atoms in total. The molecule has 0 bridgehead atoms. The summed E-state index contributed by atoms with van der Waals surface area (Å²) in [5.74, 6) is 0.953. The summed E-state index contributed by atoms with van der Waals surface area (Å²) in [5.41, 5.74) is -0.117. The second-order valence-corrected chi connectivity index (χ2v) is 4.90. The largest absolute Gasteiger partial charge is 0.396 e. The molecule has 0 aromatic heterocycles. The number of hydrogen-bond donors (Lipinski definition) is 2. The Kier molecular flexibility index (Phi) is 4.14. The highest BCUT2D eigenvalue weighted by Gasteiger charge is 2.39. The average molecular weight is 213 g/mol. The van der Waals surface area contributed by atoms with Crippen molar-refractivity contribution in [3.63, 3.8) is 0 Å². The van der Waals surface area contributed by atoms with Gasteiger partial charge in [-0.05, 0) is 25.2 Å². The maximum atomic E-state index is 11.6. The van der Waals surface area contributed by atoms with E-state index in [0.717, 1.165) is 19.3 Å². The molecule has 1 fully saturated rings. The van der Waals surface area contributed by atoms with Gasteiger partial charge in [0.25, 0.3) is 0 Å². The molecule has 2 atom stereocenters. The lowest BCUT2D eigenvalue weighted by Gasteiger charge is -2.29. The normalized spacial score (nSPS) is 25.1. The van der Waals surface area contributed by atoms with E-state index in [1.165, 1.54) is 0 Å². The van der Waals surface area contributed by atoms with E-state index in [0.29, 0.717) is 12.5 Å². The fraction of sp³-hybridized carbons (Fsp3) is 0.917. The van der Waals surface area contributed by atoms with Crippen LogP contribution in [-0.4, -0.2) is 24.2 Å². The summed E-state index contributed by atoms with van der Waals surface area (Å²) < 4.78 is 0. The van der Waals surface area contributed by atoms with Gasteiger partial charge in [-0.3, -0.25) is 4.79 Å². The van der Waals surface area contributed by atoms with Crippen LogP contribution in [-0.2, 0) is 4.79 Å². The van der Waals surface area contributed by atoms with Gasteiger partial charge >= 0.3 is 0 Å². The summed E-state index contributed by atoms with van der Waals surface area (Å²) in [4.78, 5) is 11.6. The minimum absolute atomic E-state index is 0.117. The van der Waals surface area contributed by atoms with Gasteiger partial charge < -0.3 is 10.4 Å². The van der Waals surface area contributed by atoms with E-state index in [9.17, 15) is 9.90 Å². The van der Waals surface area contributed by atoms with Gasteiger partial charge in [-0.25, -0.2) is 0 Å². The molecule has 0 heterocycles. The number of amides is 1. The van der Waals surface area contributed by atoms with Gasteiger partial charge in [-0.1, -0.05) is 20.8 Å². The number of nitrogens with one attached hydrogen (secondary N) is 1. The van der Waals surface area contributed by atoms with Crippen molar-refractivity contribution in [3.05, 3.63) is 0 Å². The molecular formula is C12H23NO2. The van der Waals surface area contributed by atoms with Gasteiger partial charge in [0.1, 0.15) is 0 Å². The molecule has 0 spiro atoms. The van der Waals surface area contributed by atoms with Crippen LogP contribution in [0.3, 0.4) is 0 Å². The third-order valence-corrected chi connectivity index (χ3v) is 3.92. The Bertz CT molecular complexity index is 215. The van der Waals surface area contributed by atoms with Crippen molar-refractivity contribution < 1.29 is 9.90 Å². The van der Waals surface area contributed by atoms with Gasteiger partial charge in [0.15, 0.2) is 0 Å². The Morgan fingerprint density at radius 2 is 2.00 bits per heavy atom. The van der Waals surface area contributed by atoms with Gasteiger partial charge in [0.05, 0.1) is 6.61 Å². The van der Waals surface area contributed by atoms with Crippen LogP contribution in [0.15, 0.2) is 0 Å². The molecule has 1 saturated carbocycles. The van der Waals surface area contributed by atoms with E-state index in [4.69, 9.17) is 0 Å². The fourth-order valence-electron chi connectivity index (χ4n) is 1.87. The highest BCUT2D eigenvalue weighted by molar-refractivity contribution is 5.81. The molecule has 0 aliphatic heterocycles. The highest BCUT2D eigenvalue weighted by Crippen LogP contribution is 2.37. The lowest BCUT2D eigenvalue weighted by Crippen LogP contribution is -2.40. The van der Waals surface area contributed by atoms with Crippen LogP contribution in [0.2, 0.25) is 0 Å². The summed E-state index contributed by atoms with van der Waals surface area (Å²) in [7, 11) is 0. The summed E-state index contributed by atoms with van der Waals surface area (Å²) in [5, 5.41) is 12.3. The van der Waals surface area contributed by atoms with Crippen molar-refractivity contribution in [2.75, 3.05) is 13.2 Å². The first-order valence-corrected chi connectivity index (χ1v) is 5.97. The lowest BCUT2D eigenvalue weighted by molar-refractivity contribution is -0.123. The number of hydrogen-bond acceptors (Lipinski definition) is 2. The first kappa shape index (κ1) is 12.5. The van der Waals surface area contributed by atoms with Crippen molar-refractivity contribution in [3.8, 4) is 0 Å². The molecule has 0 saturated heterocycles. The monoisotopic (exact) mass is 213 g/mol. The molecule has 0 aromatic carbocycles. The quantitative estimate of drug-likeness (QED) is 0.703. The Balaban J connectivity index is 2.36. The second kappa shape index (κ2) is 4.97. The van der Waals surface area contributed by atoms with Gasteiger partial charge in [-0.2, -0.15) is 0 Å². The molecular weight excluding hydrogens is 190 g/mol. The molecule has 0 aromatic rings. The van der Waals surface area contributed by atoms with Crippen LogP contribution in [0, 0.1) is 17.3 Å². The molecule has 1 aliphatic rings. The van der Waals surface area contributed by atoms with Crippen LogP contribution >= 0.6 is 0 Å². The SMILES string of the molecule is CCC(CC)(CO)CNC(=O)C1CC1C. The fourth-order valence-corrected chi connectivity index (χ4v) is 1.87. The maximum Gasteiger partial charge on any atom is 0.223 e. The van der Waals surface area contributed by atoms with Crippen molar-refractivity contribution in [1.29, 1.82) is 0 Å². The second-order valence-electron chi connectivity index (χ2n) is 4.90. The Morgan fingerprint density at radius 3 is 2.33 bits per heavy atom. The molecule has 2 unspecified atom stereocenters.